The molecule has 0 aliphatic heterocycles. The molecular weight excluding hydrogens is 867 g/mol. The standard InChI is InChI=1S/C67H43NOS/c1-3-17-50(18-4-1)67(51-19-5-2-6-20-51)59-24-10-7-23-56(59)66-60(67)25-14-26-61(66)68(53-37-31-45(32-38-53)48-34-40-65-58(43-48)55-22-9-12-28-64(55)70-65)52-35-29-44(30-36-52)46-15-13-16-47(41-46)49-33-39-63-57(42-49)54-21-8-11-27-62(54)69-63/h1-43H. The summed E-state index contributed by atoms with van der Waals surface area (Å²) in [7, 11) is 0. The van der Waals surface area contributed by atoms with Gasteiger partial charge < -0.3 is 9.32 Å². The molecule has 70 heavy (non-hydrogen) atoms. The summed E-state index contributed by atoms with van der Waals surface area (Å²) in [6, 6.07) is 95.7. The van der Waals surface area contributed by atoms with Crippen molar-refractivity contribution < 1.29 is 4.42 Å². The summed E-state index contributed by atoms with van der Waals surface area (Å²) in [6.45, 7) is 0. The first kappa shape index (κ1) is 40.3. The fourth-order valence-electron chi connectivity index (χ4n) is 11.4. The van der Waals surface area contributed by atoms with Crippen LogP contribution in [0, 0.1) is 0 Å². The number of hydrogen-bond acceptors (Lipinski definition) is 3. The molecular formula is C67H43NOS. The minimum Gasteiger partial charge on any atom is -0.456 e. The molecule has 1 aliphatic carbocycles. The van der Waals surface area contributed by atoms with Gasteiger partial charge in [0.1, 0.15) is 11.2 Å². The molecule has 328 valence electrons. The molecule has 0 atom stereocenters. The summed E-state index contributed by atoms with van der Waals surface area (Å²) in [4.78, 5) is 2.46. The first-order chi connectivity index (χ1) is 34.7. The van der Waals surface area contributed by atoms with E-state index in [1.165, 1.54) is 70.2 Å². The van der Waals surface area contributed by atoms with Gasteiger partial charge in [-0.15, -0.1) is 11.3 Å². The minimum absolute atomic E-state index is 0.519. The van der Waals surface area contributed by atoms with E-state index in [0.717, 1.165) is 55.7 Å². The van der Waals surface area contributed by atoms with E-state index in [9.17, 15) is 0 Å². The fraction of sp³-hybridized carbons (Fsp3) is 0.0149. The van der Waals surface area contributed by atoms with Crippen molar-refractivity contribution in [3.63, 3.8) is 0 Å². The third-order valence-electron chi connectivity index (χ3n) is 14.6. The highest BCUT2D eigenvalue weighted by Gasteiger charge is 2.47. The minimum atomic E-state index is -0.519. The lowest BCUT2D eigenvalue weighted by atomic mass is 9.68. The summed E-state index contributed by atoms with van der Waals surface area (Å²) in [5.41, 5.74) is 19.2. The number of hydrogen-bond donors (Lipinski definition) is 0. The van der Waals surface area contributed by atoms with Gasteiger partial charge in [0, 0.05) is 47.9 Å². The zero-order valence-corrected chi connectivity index (χ0v) is 38.9. The van der Waals surface area contributed by atoms with Crippen LogP contribution in [0.1, 0.15) is 22.3 Å². The molecule has 11 aromatic carbocycles. The predicted molar refractivity (Wildman–Crippen MR) is 295 cm³/mol. The molecule has 2 aromatic heterocycles. The quantitative estimate of drug-likeness (QED) is 0.151. The Bertz CT molecular complexity index is 4070. The van der Waals surface area contributed by atoms with Gasteiger partial charge in [0.25, 0.3) is 0 Å². The van der Waals surface area contributed by atoms with Crippen LogP contribution in [-0.4, -0.2) is 0 Å². The summed E-state index contributed by atoms with van der Waals surface area (Å²) in [5.74, 6) is 0. The summed E-state index contributed by atoms with van der Waals surface area (Å²) >= 11 is 1.86. The van der Waals surface area contributed by atoms with E-state index in [-0.39, 0.29) is 0 Å². The Morgan fingerprint density at radius 3 is 1.59 bits per heavy atom. The van der Waals surface area contributed by atoms with E-state index in [2.05, 4.69) is 254 Å². The van der Waals surface area contributed by atoms with Gasteiger partial charge in [0.15, 0.2) is 0 Å². The molecule has 13 aromatic rings. The Labute approximate surface area is 410 Å². The van der Waals surface area contributed by atoms with Crippen LogP contribution in [0.5, 0.6) is 0 Å². The molecule has 2 nitrogen and oxygen atoms in total. The van der Waals surface area contributed by atoms with Gasteiger partial charge in [-0.3, -0.25) is 0 Å². The molecule has 0 saturated heterocycles. The van der Waals surface area contributed by atoms with Crippen molar-refractivity contribution in [2.24, 2.45) is 0 Å². The smallest absolute Gasteiger partial charge is 0.135 e. The van der Waals surface area contributed by atoms with Crippen molar-refractivity contribution in [3.05, 3.63) is 283 Å². The second-order valence-electron chi connectivity index (χ2n) is 18.4. The van der Waals surface area contributed by atoms with Gasteiger partial charge in [0.05, 0.1) is 11.1 Å². The van der Waals surface area contributed by atoms with Crippen LogP contribution >= 0.6 is 11.3 Å². The number of fused-ring (bicyclic) bond motifs is 9. The van der Waals surface area contributed by atoms with Gasteiger partial charge in [-0.1, -0.05) is 188 Å². The first-order valence-corrected chi connectivity index (χ1v) is 24.8. The fourth-order valence-corrected chi connectivity index (χ4v) is 12.5. The van der Waals surface area contributed by atoms with Crippen LogP contribution in [0.4, 0.5) is 17.1 Å². The summed E-state index contributed by atoms with van der Waals surface area (Å²) in [6.07, 6.45) is 0. The van der Waals surface area contributed by atoms with Crippen LogP contribution in [0.15, 0.2) is 265 Å². The SMILES string of the molecule is c1ccc(C2(c3ccccc3)c3ccccc3-c3c(N(c4ccc(-c5cccc(-c6ccc7oc8ccccc8c7c6)c5)cc4)c4ccc(-c5ccc6sc7ccccc7c6c5)cc4)cccc32)cc1. The largest absolute Gasteiger partial charge is 0.456 e. The van der Waals surface area contributed by atoms with E-state index in [4.69, 9.17) is 4.42 Å². The normalized spacial score (nSPS) is 12.7. The van der Waals surface area contributed by atoms with Crippen LogP contribution in [-0.2, 0) is 5.41 Å². The van der Waals surface area contributed by atoms with Crippen molar-refractivity contribution in [1.29, 1.82) is 0 Å². The zero-order chi connectivity index (χ0) is 46.2. The number of rotatable bonds is 8. The number of thiophene rings is 1. The van der Waals surface area contributed by atoms with Gasteiger partial charge in [0.2, 0.25) is 0 Å². The maximum absolute atomic E-state index is 6.17. The van der Waals surface area contributed by atoms with Crippen molar-refractivity contribution in [3.8, 4) is 44.5 Å². The molecule has 0 unspecified atom stereocenters. The number of nitrogens with zero attached hydrogens (tertiary/aromatic N) is 1. The Kier molecular flexibility index (Phi) is 9.33. The maximum atomic E-state index is 6.17. The molecule has 0 amide bonds. The second kappa shape index (κ2) is 16.2. The van der Waals surface area contributed by atoms with Crippen LogP contribution in [0.25, 0.3) is 86.6 Å². The molecule has 2 heterocycles. The highest BCUT2D eigenvalue weighted by molar-refractivity contribution is 7.25. The van der Waals surface area contributed by atoms with Gasteiger partial charge in [-0.25, -0.2) is 0 Å². The first-order valence-electron chi connectivity index (χ1n) is 24.0. The third-order valence-corrected chi connectivity index (χ3v) is 15.7. The second-order valence-corrected chi connectivity index (χ2v) is 19.4. The van der Waals surface area contributed by atoms with E-state index < -0.39 is 5.41 Å². The number of furan rings is 1. The van der Waals surface area contributed by atoms with Gasteiger partial charge in [-0.2, -0.15) is 0 Å². The molecule has 3 heteroatoms. The Morgan fingerprint density at radius 2 is 0.843 bits per heavy atom. The average Bonchev–Trinajstić information content (AvgIpc) is 4.10. The molecule has 0 saturated carbocycles. The molecule has 0 bridgehead atoms. The Hall–Kier alpha value is -8.76. The molecule has 0 fully saturated rings. The summed E-state index contributed by atoms with van der Waals surface area (Å²) < 4.78 is 8.80. The van der Waals surface area contributed by atoms with Crippen molar-refractivity contribution in [2.45, 2.75) is 5.41 Å². The van der Waals surface area contributed by atoms with Crippen LogP contribution in [0.3, 0.4) is 0 Å². The third kappa shape index (κ3) is 6.32. The molecule has 1 aliphatic rings. The summed E-state index contributed by atoms with van der Waals surface area (Å²) in [5, 5.41) is 4.89. The van der Waals surface area contributed by atoms with Crippen molar-refractivity contribution >= 4 is 70.5 Å². The van der Waals surface area contributed by atoms with E-state index in [0.29, 0.717) is 0 Å². The van der Waals surface area contributed by atoms with Crippen LogP contribution in [0.2, 0.25) is 0 Å². The lowest BCUT2D eigenvalue weighted by Crippen LogP contribution is -2.28. The predicted octanol–water partition coefficient (Wildman–Crippen LogP) is 18.8. The topological polar surface area (TPSA) is 16.4 Å². The van der Waals surface area contributed by atoms with Crippen molar-refractivity contribution in [2.75, 3.05) is 4.90 Å². The highest BCUT2D eigenvalue weighted by atomic mass is 32.1. The lowest BCUT2D eigenvalue weighted by Gasteiger charge is -2.34. The van der Waals surface area contributed by atoms with Crippen LogP contribution < -0.4 is 4.90 Å². The molecule has 14 rings (SSSR count). The molecule has 0 N–H and O–H groups in total. The van der Waals surface area contributed by atoms with E-state index >= 15 is 0 Å². The van der Waals surface area contributed by atoms with Gasteiger partial charge >= 0.3 is 0 Å². The monoisotopic (exact) mass is 909 g/mol. The van der Waals surface area contributed by atoms with Crippen molar-refractivity contribution in [1.82, 2.24) is 0 Å². The molecule has 0 spiro atoms. The Morgan fingerprint density at radius 1 is 0.329 bits per heavy atom. The highest BCUT2D eigenvalue weighted by Crippen LogP contribution is 2.59. The lowest BCUT2D eigenvalue weighted by molar-refractivity contribution is 0.669. The Balaban J connectivity index is 0.915. The number of para-hydroxylation sites is 1. The number of anilines is 3. The van der Waals surface area contributed by atoms with E-state index in [1.807, 2.05) is 23.5 Å². The number of benzene rings is 11. The van der Waals surface area contributed by atoms with E-state index in [1.54, 1.807) is 0 Å². The zero-order valence-electron chi connectivity index (χ0n) is 38.1. The molecule has 0 radical (unpaired) electrons. The average molecular weight is 910 g/mol. The maximum Gasteiger partial charge on any atom is 0.135 e. The van der Waals surface area contributed by atoms with Gasteiger partial charge in [-0.05, 0) is 134 Å².